The molecule has 1 aromatic rings. The molecule has 0 spiro atoms. The largest absolute Gasteiger partial charge is 0.397 e. The maximum atomic E-state index is 5.95. The smallest absolute Gasteiger partial charge is 0.0676 e. The molecule has 1 nitrogen and oxygen atoms in total. The normalized spacial score (nSPS) is 9.83. The average molecular weight is 200 g/mol. The maximum Gasteiger partial charge on any atom is 0.0676 e. The minimum Gasteiger partial charge on any atom is -0.397 e. The highest BCUT2D eigenvalue weighted by atomic mass is 35.5. The zero-order valence-electron chi connectivity index (χ0n) is 6.80. The van der Waals surface area contributed by atoms with Crippen molar-refractivity contribution in [3.8, 4) is 0 Å². The topological polar surface area (TPSA) is 26.0 Å². The summed E-state index contributed by atoms with van der Waals surface area (Å²) in [6.07, 6.45) is 0. The minimum absolute atomic E-state index is 0.640. The highest BCUT2D eigenvalue weighted by Gasteiger charge is 2.04. The SMILES string of the molecule is C=CSc1ccc(C)c(Cl)c1N. The molecule has 0 fully saturated rings. The van der Waals surface area contributed by atoms with E-state index in [1.165, 1.54) is 11.8 Å². The summed E-state index contributed by atoms with van der Waals surface area (Å²) >= 11 is 7.43. The second kappa shape index (κ2) is 3.87. The lowest BCUT2D eigenvalue weighted by atomic mass is 10.2. The lowest BCUT2D eigenvalue weighted by Crippen LogP contribution is -1.90. The molecule has 0 amide bonds. The van der Waals surface area contributed by atoms with Crippen LogP contribution in [0.2, 0.25) is 5.02 Å². The molecule has 64 valence electrons. The Balaban J connectivity index is 3.16. The second-order valence-corrected chi connectivity index (χ2v) is 3.78. The second-order valence-electron chi connectivity index (χ2n) is 2.39. The molecule has 0 aliphatic carbocycles. The molecule has 0 bridgehead atoms. The molecule has 0 saturated heterocycles. The van der Waals surface area contributed by atoms with Gasteiger partial charge in [-0.05, 0) is 24.0 Å². The number of hydrogen-bond acceptors (Lipinski definition) is 2. The summed E-state index contributed by atoms with van der Waals surface area (Å²) in [6, 6.07) is 3.90. The van der Waals surface area contributed by atoms with Gasteiger partial charge in [-0.25, -0.2) is 0 Å². The molecular weight excluding hydrogens is 190 g/mol. The third kappa shape index (κ3) is 1.76. The van der Waals surface area contributed by atoms with Gasteiger partial charge in [0.25, 0.3) is 0 Å². The van der Waals surface area contributed by atoms with Gasteiger partial charge in [-0.3, -0.25) is 0 Å². The molecular formula is C9H10ClNS. The van der Waals surface area contributed by atoms with E-state index in [1.807, 2.05) is 19.1 Å². The number of aryl methyl sites for hydroxylation is 1. The van der Waals surface area contributed by atoms with Crippen molar-refractivity contribution >= 4 is 29.1 Å². The van der Waals surface area contributed by atoms with E-state index in [0.29, 0.717) is 10.7 Å². The monoisotopic (exact) mass is 199 g/mol. The molecule has 0 aliphatic heterocycles. The Bertz CT molecular complexity index is 310. The molecule has 0 aliphatic rings. The van der Waals surface area contributed by atoms with Crippen LogP contribution in [0.5, 0.6) is 0 Å². The maximum absolute atomic E-state index is 5.95. The number of halogens is 1. The van der Waals surface area contributed by atoms with Crippen molar-refractivity contribution in [3.05, 3.63) is 34.7 Å². The van der Waals surface area contributed by atoms with E-state index in [0.717, 1.165) is 10.5 Å². The van der Waals surface area contributed by atoms with Crippen LogP contribution in [0.25, 0.3) is 0 Å². The van der Waals surface area contributed by atoms with Crippen molar-refractivity contribution in [2.24, 2.45) is 0 Å². The van der Waals surface area contributed by atoms with Crippen molar-refractivity contribution < 1.29 is 0 Å². The van der Waals surface area contributed by atoms with Crippen LogP contribution in [0.1, 0.15) is 5.56 Å². The lowest BCUT2D eigenvalue weighted by Gasteiger charge is -2.06. The zero-order valence-corrected chi connectivity index (χ0v) is 8.38. The van der Waals surface area contributed by atoms with Crippen LogP contribution in [0.4, 0.5) is 5.69 Å². The molecule has 0 unspecified atom stereocenters. The summed E-state index contributed by atoms with van der Waals surface area (Å²) in [5.74, 6) is 0. The summed E-state index contributed by atoms with van der Waals surface area (Å²) < 4.78 is 0. The number of anilines is 1. The van der Waals surface area contributed by atoms with Crippen molar-refractivity contribution in [1.29, 1.82) is 0 Å². The average Bonchev–Trinajstić information content (AvgIpc) is 2.07. The summed E-state index contributed by atoms with van der Waals surface area (Å²) in [4.78, 5) is 0.959. The number of nitrogen functional groups attached to an aromatic ring is 1. The lowest BCUT2D eigenvalue weighted by molar-refractivity contribution is 1.38. The molecule has 1 aromatic carbocycles. The van der Waals surface area contributed by atoms with Crippen LogP contribution >= 0.6 is 23.4 Å². The minimum atomic E-state index is 0.640. The van der Waals surface area contributed by atoms with E-state index in [9.17, 15) is 0 Å². The number of nitrogens with two attached hydrogens (primary N) is 1. The molecule has 2 N–H and O–H groups in total. The van der Waals surface area contributed by atoms with Gasteiger partial charge < -0.3 is 5.73 Å². The van der Waals surface area contributed by atoms with Gasteiger partial charge in [0.2, 0.25) is 0 Å². The van der Waals surface area contributed by atoms with E-state index in [2.05, 4.69) is 6.58 Å². The summed E-state index contributed by atoms with van der Waals surface area (Å²) in [7, 11) is 0. The molecule has 0 aromatic heterocycles. The van der Waals surface area contributed by atoms with Crippen LogP contribution in [0.15, 0.2) is 29.0 Å². The number of benzene rings is 1. The molecule has 1 rings (SSSR count). The quantitative estimate of drug-likeness (QED) is 0.583. The molecule has 3 heteroatoms. The molecule has 0 atom stereocenters. The molecule has 12 heavy (non-hydrogen) atoms. The Labute approximate surface area is 81.6 Å². The summed E-state index contributed by atoms with van der Waals surface area (Å²) in [5, 5.41) is 2.37. The fourth-order valence-electron chi connectivity index (χ4n) is 0.877. The first kappa shape index (κ1) is 9.49. The van der Waals surface area contributed by atoms with E-state index in [4.69, 9.17) is 17.3 Å². The highest BCUT2D eigenvalue weighted by Crippen LogP contribution is 2.33. The van der Waals surface area contributed by atoms with Crippen molar-refractivity contribution in [1.82, 2.24) is 0 Å². The Kier molecular flexibility index (Phi) is 3.06. The van der Waals surface area contributed by atoms with E-state index < -0.39 is 0 Å². The van der Waals surface area contributed by atoms with Crippen LogP contribution in [-0.2, 0) is 0 Å². The van der Waals surface area contributed by atoms with Gasteiger partial charge in [-0.15, -0.1) is 0 Å². The van der Waals surface area contributed by atoms with Gasteiger partial charge in [0, 0.05) is 4.90 Å². The highest BCUT2D eigenvalue weighted by molar-refractivity contribution is 8.02. The molecule has 0 radical (unpaired) electrons. The first-order chi connectivity index (χ1) is 5.66. The van der Waals surface area contributed by atoms with E-state index in [1.54, 1.807) is 5.41 Å². The Hall–Kier alpha value is -0.600. The van der Waals surface area contributed by atoms with Crippen molar-refractivity contribution in [2.75, 3.05) is 5.73 Å². The molecule has 0 saturated carbocycles. The van der Waals surface area contributed by atoms with E-state index in [-0.39, 0.29) is 0 Å². The van der Waals surface area contributed by atoms with Gasteiger partial charge in [0.05, 0.1) is 10.7 Å². The fourth-order valence-corrected chi connectivity index (χ4v) is 1.65. The first-order valence-corrected chi connectivity index (χ1v) is 4.74. The van der Waals surface area contributed by atoms with E-state index >= 15 is 0 Å². The summed E-state index contributed by atoms with van der Waals surface area (Å²) in [5.41, 5.74) is 7.41. The fraction of sp³-hybridized carbons (Fsp3) is 0.111. The first-order valence-electron chi connectivity index (χ1n) is 3.49. The van der Waals surface area contributed by atoms with Crippen LogP contribution in [0, 0.1) is 6.92 Å². The number of rotatable bonds is 2. The number of thioether (sulfide) groups is 1. The predicted molar refractivity (Wildman–Crippen MR) is 56.7 cm³/mol. The molecule has 0 heterocycles. The van der Waals surface area contributed by atoms with Gasteiger partial charge in [0.1, 0.15) is 0 Å². The van der Waals surface area contributed by atoms with Crippen molar-refractivity contribution in [3.63, 3.8) is 0 Å². The predicted octanol–water partition coefficient (Wildman–Crippen LogP) is 3.47. The van der Waals surface area contributed by atoms with Gasteiger partial charge in [-0.1, -0.05) is 36.0 Å². The van der Waals surface area contributed by atoms with Crippen LogP contribution in [-0.4, -0.2) is 0 Å². The Morgan fingerprint density at radius 3 is 2.83 bits per heavy atom. The third-order valence-corrected chi connectivity index (χ3v) is 2.82. The Morgan fingerprint density at radius 2 is 2.25 bits per heavy atom. The third-order valence-electron chi connectivity index (χ3n) is 1.54. The van der Waals surface area contributed by atoms with Gasteiger partial charge in [-0.2, -0.15) is 0 Å². The standard InChI is InChI=1S/C9H10ClNS/c1-3-12-7-5-4-6(2)8(10)9(7)11/h3-5H,1,11H2,2H3. The summed E-state index contributed by atoms with van der Waals surface area (Å²) in [6.45, 7) is 5.55. The van der Waals surface area contributed by atoms with Crippen molar-refractivity contribution in [2.45, 2.75) is 11.8 Å². The van der Waals surface area contributed by atoms with Crippen LogP contribution < -0.4 is 5.73 Å². The zero-order chi connectivity index (χ0) is 9.14. The van der Waals surface area contributed by atoms with Gasteiger partial charge >= 0.3 is 0 Å². The van der Waals surface area contributed by atoms with Crippen LogP contribution in [0.3, 0.4) is 0 Å². The Morgan fingerprint density at radius 1 is 1.58 bits per heavy atom. The number of hydrogen-bond donors (Lipinski definition) is 1. The van der Waals surface area contributed by atoms with Gasteiger partial charge in [0.15, 0.2) is 0 Å².